The topological polar surface area (TPSA) is 40.5 Å². The summed E-state index contributed by atoms with van der Waals surface area (Å²) in [6, 6.07) is 0. The van der Waals surface area contributed by atoms with Crippen LogP contribution in [0.1, 0.15) is 52.4 Å². The molecule has 0 bridgehead atoms. The summed E-state index contributed by atoms with van der Waals surface area (Å²) in [6.07, 6.45) is 5.43. The van der Waals surface area contributed by atoms with E-state index in [1.807, 2.05) is 0 Å². The second-order valence-electron chi connectivity index (χ2n) is 4.66. The fraction of sp³-hybridized carbons (Fsp3) is 1.00. The van der Waals surface area contributed by atoms with Gasteiger partial charge in [0.15, 0.2) is 0 Å². The molecule has 84 valence electrons. The molecule has 1 aliphatic carbocycles. The van der Waals surface area contributed by atoms with E-state index >= 15 is 0 Å². The Balaban J connectivity index is 2.21. The van der Waals surface area contributed by atoms with Gasteiger partial charge in [-0.15, -0.1) is 0 Å². The quantitative estimate of drug-likeness (QED) is 0.662. The molecule has 14 heavy (non-hydrogen) atoms. The first-order valence-electron chi connectivity index (χ1n) is 6.05. The van der Waals surface area contributed by atoms with Crippen molar-refractivity contribution in [2.24, 2.45) is 11.8 Å². The smallest absolute Gasteiger partial charge is 0.0826 e. The lowest BCUT2D eigenvalue weighted by atomic mass is 9.90. The minimum Gasteiger partial charge on any atom is -0.390 e. The Kier molecular flexibility index (Phi) is 4.90. The summed E-state index contributed by atoms with van der Waals surface area (Å²) < 4.78 is 0. The van der Waals surface area contributed by atoms with Gasteiger partial charge in [0.1, 0.15) is 0 Å². The minimum atomic E-state index is -0.510. The second kappa shape index (κ2) is 5.72. The number of hydrogen-bond donors (Lipinski definition) is 2. The highest BCUT2D eigenvalue weighted by Crippen LogP contribution is 2.34. The third kappa shape index (κ3) is 3.58. The number of rotatable bonds is 7. The zero-order chi connectivity index (χ0) is 10.6. The highest BCUT2D eigenvalue weighted by Gasteiger charge is 2.27. The molecule has 1 rings (SSSR count). The molecule has 2 unspecified atom stereocenters. The maximum absolute atomic E-state index is 9.86. The van der Waals surface area contributed by atoms with Crippen molar-refractivity contribution in [1.29, 1.82) is 0 Å². The normalized spacial score (nSPS) is 21.2. The monoisotopic (exact) mass is 200 g/mol. The summed E-state index contributed by atoms with van der Waals surface area (Å²) in [6.45, 7) is 4.15. The van der Waals surface area contributed by atoms with E-state index < -0.39 is 12.2 Å². The van der Waals surface area contributed by atoms with Gasteiger partial charge in [0.25, 0.3) is 0 Å². The van der Waals surface area contributed by atoms with Gasteiger partial charge in [0.05, 0.1) is 12.2 Å². The van der Waals surface area contributed by atoms with E-state index in [1.54, 1.807) is 0 Å². The molecule has 0 radical (unpaired) electrons. The molecule has 0 aromatic rings. The van der Waals surface area contributed by atoms with E-state index in [2.05, 4.69) is 13.8 Å². The molecule has 2 heteroatoms. The number of aliphatic hydroxyl groups is 2. The predicted octanol–water partition coefficient (Wildman–Crippen LogP) is 2.33. The lowest BCUT2D eigenvalue weighted by molar-refractivity contribution is -0.0246. The van der Waals surface area contributed by atoms with Crippen LogP contribution in [0.25, 0.3) is 0 Å². The summed E-state index contributed by atoms with van der Waals surface area (Å²) in [5.74, 6) is 1.11. The van der Waals surface area contributed by atoms with Gasteiger partial charge in [-0.25, -0.2) is 0 Å². The maximum atomic E-state index is 9.86. The Labute approximate surface area is 87.3 Å². The second-order valence-corrected chi connectivity index (χ2v) is 4.66. The average Bonchev–Trinajstić information content (AvgIpc) is 2.99. The van der Waals surface area contributed by atoms with Gasteiger partial charge in [-0.3, -0.25) is 0 Å². The molecule has 0 aliphatic heterocycles. The molecule has 1 fully saturated rings. The summed E-state index contributed by atoms with van der Waals surface area (Å²) >= 11 is 0. The van der Waals surface area contributed by atoms with Crippen LogP contribution in [0.5, 0.6) is 0 Å². The average molecular weight is 200 g/mol. The molecule has 0 amide bonds. The van der Waals surface area contributed by atoms with Gasteiger partial charge in [-0.05, 0) is 24.7 Å². The van der Waals surface area contributed by atoms with Crippen LogP contribution >= 0.6 is 0 Å². The summed E-state index contributed by atoms with van der Waals surface area (Å²) in [5, 5.41) is 19.6. The zero-order valence-corrected chi connectivity index (χ0v) is 9.45. The Morgan fingerprint density at radius 1 is 1.14 bits per heavy atom. The summed E-state index contributed by atoms with van der Waals surface area (Å²) in [7, 11) is 0. The van der Waals surface area contributed by atoms with Gasteiger partial charge >= 0.3 is 0 Å². The van der Waals surface area contributed by atoms with Crippen molar-refractivity contribution in [3.63, 3.8) is 0 Å². The van der Waals surface area contributed by atoms with Gasteiger partial charge in [-0.2, -0.15) is 0 Å². The van der Waals surface area contributed by atoms with Crippen molar-refractivity contribution >= 4 is 0 Å². The molecule has 0 spiro atoms. The molecule has 1 saturated carbocycles. The van der Waals surface area contributed by atoms with Crippen molar-refractivity contribution in [3.05, 3.63) is 0 Å². The predicted molar refractivity (Wildman–Crippen MR) is 58.0 cm³/mol. The fourth-order valence-corrected chi connectivity index (χ4v) is 2.07. The summed E-state index contributed by atoms with van der Waals surface area (Å²) in [4.78, 5) is 0. The maximum Gasteiger partial charge on any atom is 0.0826 e. The number of aliphatic hydroxyl groups excluding tert-OH is 2. The minimum absolute atomic E-state index is 0.268. The van der Waals surface area contributed by atoms with Gasteiger partial charge in [0, 0.05) is 0 Å². The Morgan fingerprint density at radius 2 is 1.71 bits per heavy atom. The largest absolute Gasteiger partial charge is 0.390 e. The Bertz CT molecular complexity index is 150. The van der Waals surface area contributed by atoms with Crippen LogP contribution in [-0.4, -0.2) is 22.4 Å². The third-order valence-electron chi connectivity index (χ3n) is 3.49. The third-order valence-corrected chi connectivity index (χ3v) is 3.49. The van der Waals surface area contributed by atoms with Crippen molar-refractivity contribution in [3.8, 4) is 0 Å². The molecule has 0 heterocycles. The van der Waals surface area contributed by atoms with E-state index in [9.17, 15) is 10.2 Å². The SMILES string of the molecule is CCC(CC)C(O)C(O)CCC1CC1. The lowest BCUT2D eigenvalue weighted by Crippen LogP contribution is -2.33. The van der Waals surface area contributed by atoms with Gasteiger partial charge < -0.3 is 10.2 Å². The molecular weight excluding hydrogens is 176 g/mol. The van der Waals surface area contributed by atoms with Crippen LogP contribution in [0.2, 0.25) is 0 Å². The van der Waals surface area contributed by atoms with Crippen molar-refractivity contribution in [2.45, 2.75) is 64.6 Å². The Morgan fingerprint density at radius 3 is 2.14 bits per heavy atom. The number of hydrogen-bond acceptors (Lipinski definition) is 2. The fourth-order valence-electron chi connectivity index (χ4n) is 2.07. The highest BCUT2D eigenvalue weighted by atomic mass is 16.3. The van der Waals surface area contributed by atoms with Crippen LogP contribution in [0, 0.1) is 11.8 Å². The molecule has 2 N–H and O–H groups in total. The highest BCUT2D eigenvalue weighted by molar-refractivity contribution is 4.79. The lowest BCUT2D eigenvalue weighted by Gasteiger charge is -2.24. The van der Waals surface area contributed by atoms with Crippen LogP contribution in [0.3, 0.4) is 0 Å². The van der Waals surface area contributed by atoms with Crippen LogP contribution in [0.4, 0.5) is 0 Å². The first-order valence-corrected chi connectivity index (χ1v) is 6.05. The van der Waals surface area contributed by atoms with Gasteiger partial charge in [-0.1, -0.05) is 39.5 Å². The van der Waals surface area contributed by atoms with Crippen molar-refractivity contribution in [1.82, 2.24) is 0 Å². The molecule has 0 saturated heterocycles. The Hall–Kier alpha value is -0.0800. The molecule has 1 aliphatic rings. The molecule has 0 aromatic carbocycles. The zero-order valence-electron chi connectivity index (χ0n) is 9.45. The first-order chi connectivity index (χ1) is 6.69. The van der Waals surface area contributed by atoms with E-state index in [0.29, 0.717) is 0 Å². The molecule has 2 nitrogen and oxygen atoms in total. The van der Waals surface area contributed by atoms with Gasteiger partial charge in [0.2, 0.25) is 0 Å². The van der Waals surface area contributed by atoms with E-state index in [0.717, 1.165) is 31.6 Å². The van der Waals surface area contributed by atoms with Crippen LogP contribution in [0.15, 0.2) is 0 Å². The molecule has 2 atom stereocenters. The van der Waals surface area contributed by atoms with E-state index in [-0.39, 0.29) is 5.92 Å². The van der Waals surface area contributed by atoms with Crippen LogP contribution < -0.4 is 0 Å². The molecular formula is C12H24O2. The van der Waals surface area contributed by atoms with Crippen molar-refractivity contribution < 1.29 is 10.2 Å². The summed E-state index contributed by atoms with van der Waals surface area (Å²) in [5.41, 5.74) is 0. The van der Waals surface area contributed by atoms with Crippen molar-refractivity contribution in [2.75, 3.05) is 0 Å². The standard InChI is InChI=1S/C12H24O2/c1-3-10(4-2)12(14)11(13)8-7-9-5-6-9/h9-14H,3-8H2,1-2H3. The van der Waals surface area contributed by atoms with Crippen LogP contribution in [-0.2, 0) is 0 Å². The first kappa shape index (κ1) is 12.0. The van der Waals surface area contributed by atoms with E-state index in [1.165, 1.54) is 12.8 Å². The van der Waals surface area contributed by atoms with E-state index in [4.69, 9.17) is 0 Å². The molecule has 0 aromatic heterocycles.